The number of ether oxygens (including phenoxy) is 1. The van der Waals surface area contributed by atoms with E-state index in [1.54, 1.807) is 12.1 Å². The van der Waals surface area contributed by atoms with Gasteiger partial charge in [-0.1, -0.05) is 66.7 Å². The maximum atomic E-state index is 12.5. The van der Waals surface area contributed by atoms with Crippen LogP contribution in [0.25, 0.3) is 0 Å². The van der Waals surface area contributed by atoms with Crippen LogP contribution in [0, 0.1) is 0 Å². The summed E-state index contributed by atoms with van der Waals surface area (Å²) in [5.41, 5.74) is 2.62. The normalized spacial score (nSPS) is 11.6. The Morgan fingerprint density at radius 2 is 1.36 bits per heavy atom. The number of nitrogens with zero attached hydrogens (tertiary/aromatic N) is 1. The summed E-state index contributed by atoms with van der Waals surface area (Å²) in [6, 6.07) is 29.0. The van der Waals surface area contributed by atoms with Gasteiger partial charge in [0.05, 0.1) is 12.1 Å². The fourth-order valence-corrected chi connectivity index (χ4v) is 2.69. The van der Waals surface area contributed by atoms with Crippen LogP contribution < -0.4 is 4.90 Å². The minimum atomic E-state index is -0.348. The van der Waals surface area contributed by atoms with E-state index >= 15 is 0 Å². The van der Waals surface area contributed by atoms with E-state index in [2.05, 4.69) is 4.90 Å². The molecule has 0 bridgehead atoms. The summed E-state index contributed by atoms with van der Waals surface area (Å²) in [6.07, 6.45) is -0.348. The van der Waals surface area contributed by atoms with Crippen LogP contribution in [-0.2, 0) is 4.74 Å². The second-order valence-corrected chi connectivity index (χ2v) is 5.89. The van der Waals surface area contributed by atoms with E-state index in [4.69, 9.17) is 4.74 Å². The van der Waals surface area contributed by atoms with Gasteiger partial charge in [-0.2, -0.15) is 0 Å². The summed E-state index contributed by atoms with van der Waals surface area (Å²) in [4.78, 5) is 14.6. The van der Waals surface area contributed by atoms with E-state index in [1.165, 1.54) is 0 Å². The van der Waals surface area contributed by atoms with Crippen molar-refractivity contribution in [2.24, 2.45) is 0 Å². The van der Waals surface area contributed by atoms with Gasteiger partial charge in [0.25, 0.3) is 0 Å². The van der Waals surface area contributed by atoms with Crippen LogP contribution in [-0.4, -0.2) is 19.6 Å². The van der Waals surface area contributed by atoms with E-state index in [1.807, 2.05) is 85.9 Å². The monoisotopic (exact) mass is 331 g/mol. The van der Waals surface area contributed by atoms with Crippen molar-refractivity contribution in [1.29, 1.82) is 0 Å². The largest absolute Gasteiger partial charge is 0.452 e. The summed E-state index contributed by atoms with van der Waals surface area (Å²) < 4.78 is 5.83. The predicted octanol–water partition coefficient (Wildman–Crippen LogP) is 4.72. The molecule has 0 amide bonds. The summed E-state index contributed by atoms with van der Waals surface area (Å²) >= 11 is 0. The van der Waals surface area contributed by atoms with E-state index in [0.29, 0.717) is 12.1 Å². The van der Waals surface area contributed by atoms with E-state index in [-0.39, 0.29) is 12.1 Å². The van der Waals surface area contributed by atoms with Gasteiger partial charge in [0.1, 0.15) is 6.10 Å². The first-order valence-electron chi connectivity index (χ1n) is 8.31. The molecule has 0 spiro atoms. The van der Waals surface area contributed by atoms with Crippen LogP contribution in [0.15, 0.2) is 91.0 Å². The van der Waals surface area contributed by atoms with Crippen LogP contribution >= 0.6 is 0 Å². The Hall–Kier alpha value is -3.07. The molecule has 1 atom stereocenters. The molecular formula is C22H21NO2. The number of carbonyl (C=O) groups excluding carboxylic acids is 1. The number of esters is 1. The lowest BCUT2D eigenvalue weighted by Gasteiger charge is -2.26. The van der Waals surface area contributed by atoms with Crippen molar-refractivity contribution in [2.45, 2.75) is 6.10 Å². The molecule has 3 rings (SSSR count). The Morgan fingerprint density at radius 1 is 0.840 bits per heavy atom. The Balaban J connectivity index is 1.80. The maximum Gasteiger partial charge on any atom is 0.338 e. The molecule has 0 saturated carbocycles. The van der Waals surface area contributed by atoms with Crippen molar-refractivity contribution < 1.29 is 9.53 Å². The molecule has 0 aromatic heterocycles. The van der Waals surface area contributed by atoms with Crippen LogP contribution in [0.1, 0.15) is 22.0 Å². The Bertz CT molecular complexity index is 788. The highest BCUT2D eigenvalue weighted by atomic mass is 16.5. The van der Waals surface area contributed by atoms with Crippen molar-refractivity contribution in [2.75, 3.05) is 18.5 Å². The van der Waals surface area contributed by atoms with Gasteiger partial charge in [-0.05, 0) is 29.8 Å². The second-order valence-electron chi connectivity index (χ2n) is 5.89. The number of benzene rings is 3. The molecule has 0 saturated heterocycles. The lowest BCUT2D eigenvalue weighted by molar-refractivity contribution is 0.0314. The molecular weight excluding hydrogens is 310 g/mol. The maximum absolute atomic E-state index is 12.5. The molecule has 0 fully saturated rings. The first-order chi connectivity index (χ1) is 12.2. The third kappa shape index (κ3) is 4.48. The highest BCUT2D eigenvalue weighted by Gasteiger charge is 2.20. The van der Waals surface area contributed by atoms with Crippen LogP contribution in [0.5, 0.6) is 0 Å². The molecule has 0 aliphatic heterocycles. The highest BCUT2D eigenvalue weighted by molar-refractivity contribution is 5.89. The standard InChI is InChI=1S/C22H21NO2/c1-23(20-15-9-4-10-16-20)17-21(18-11-5-2-6-12-18)25-22(24)19-13-7-3-8-14-19/h2-16,21H,17H2,1H3. The fraction of sp³-hybridized carbons (Fsp3) is 0.136. The van der Waals surface area contributed by atoms with Crippen molar-refractivity contribution in [3.63, 3.8) is 0 Å². The van der Waals surface area contributed by atoms with E-state index in [0.717, 1.165) is 11.3 Å². The molecule has 3 aromatic rings. The van der Waals surface area contributed by atoms with Gasteiger partial charge in [-0.25, -0.2) is 4.79 Å². The number of rotatable bonds is 6. The number of para-hydroxylation sites is 1. The molecule has 0 N–H and O–H groups in total. The fourth-order valence-electron chi connectivity index (χ4n) is 2.69. The van der Waals surface area contributed by atoms with Crippen molar-refractivity contribution in [3.05, 3.63) is 102 Å². The quantitative estimate of drug-likeness (QED) is 0.612. The van der Waals surface area contributed by atoms with Crippen molar-refractivity contribution in [1.82, 2.24) is 0 Å². The molecule has 25 heavy (non-hydrogen) atoms. The number of hydrogen-bond donors (Lipinski definition) is 0. The lowest BCUT2D eigenvalue weighted by Crippen LogP contribution is -2.27. The average molecular weight is 331 g/mol. The minimum Gasteiger partial charge on any atom is -0.452 e. The van der Waals surface area contributed by atoms with Gasteiger partial charge >= 0.3 is 5.97 Å². The zero-order chi connectivity index (χ0) is 17.5. The van der Waals surface area contributed by atoms with Gasteiger partial charge in [-0.15, -0.1) is 0 Å². The van der Waals surface area contributed by atoms with Gasteiger partial charge in [0.2, 0.25) is 0 Å². The average Bonchev–Trinajstić information content (AvgIpc) is 2.69. The van der Waals surface area contributed by atoms with E-state index < -0.39 is 0 Å². The lowest BCUT2D eigenvalue weighted by atomic mass is 10.1. The first kappa shape index (κ1) is 16.8. The summed E-state index contributed by atoms with van der Waals surface area (Å²) in [5, 5.41) is 0. The molecule has 3 aromatic carbocycles. The number of hydrogen-bond acceptors (Lipinski definition) is 3. The number of anilines is 1. The SMILES string of the molecule is CN(CC(OC(=O)c1ccccc1)c1ccccc1)c1ccccc1. The summed E-state index contributed by atoms with van der Waals surface area (Å²) in [6.45, 7) is 0.576. The molecule has 3 heteroatoms. The molecule has 3 nitrogen and oxygen atoms in total. The third-order valence-electron chi connectivity index (χ3n) is 4.07. The van der Waals surface area contributed by atoms with Gasteiger partial charge in [0.15, 0.2) is 0 Å². The molecule has 0 aliphatic rings. The molecule has 1 unspecified atom stereocenters. The van der Waals surface area contributed by atoms with Crippen molar-refractivity contribution >= 4 is 11.7 Å². The van der Waals surface area contributed by atoms with Crippen molar-refractivity contribution in [3.8, 4) is 0 Å². The van der Waals surface area contributed by atoms with Crippen LogP contribution in [0.4, 0.5) is 5.69 Å². The molecule has 0 radical (unpaired) electrons. The minimum absolute atomic E-state index is 0.309. The van der Waals surface area contributed by atoms with Gasteiger partial charge in [0, 0.05) is 12.7 Å². The smallest absolute Gasteiger partial charge is 0.338 e. The molecule has 0 heterocycles. The first-order valence-corrected chi connectivity index (χ1v) is 8.31. The zero-order valence-electron chi connectivity index (χ0n) is 14.2. The number of carbonyl (C=O) groups is 1. The van der Waals surface area contributed by atoms with Crippen LogP contribution in [0.3, 0.4) is 0 Å². The number of likely N-dealkylation sites (N-methyl/N-ethyl adjacent to an activating group) is 1. The predicted molar refractivity (Wildman–Crippen MR) is 101 cm³/mol. The Labute approximate surface area is 148 Å². The molecule has 0 aliphatic carbocycles. The second kappa shape index (κ2) is 8.15. The Kier molecular flexibility index (Phi) is 5.47. The van der Waals surface area contributed by atoms with E-state index in [9.17, 15) is 4.79 Å². The highest BCUT2D eigenvalue weighted by Crippen LogP contribution is 2.23. The summed E-state index contributed by atoms with van der Waals surface area (Å²) in [7, 11) is 2.00. The third-order valence-corrected chi connectivity index (χ3v) is 4.07. The topological polar surface area (TPSA) is 29.5 Å². The zero-order valence-corrected chi connectivity index (χ0v) is 14.2. The molecule has 126 valence electrons. The summed E-state index contributed by atoms with van der Waals surface area (Å²) in [5.74, 6) is -0.309. The van der Waals surface area contributed by atoms with Gasteiger partial charge in [-0.3, -0.25) is 0 Å². The van der Waals surface area contributed by atoms with Gasteiger partial charge < -0.3 is 9.64 Å². The van der Waals surface area contributed by atoms with Crippen LogP contribution in [0.2, 0.25) is 0 Å². The Morgan fingerprint density at radius 3 is 1.96 bits per heavy atom.